The number of rotatable bonds is 2. The van der Waals surface area contributed by atoms with Gasteiger partial charge in [0.05, 0.1) is 11.6 Å². The van der Waals surface area contributed by atoms with Crippen molar-refractivity contribution in [3.05, 3.63) is 29.3 Å². The van der Waals surface area contributed by atoms with Gasteiger partial charge in [-0.3, -0.25) is 0 Å². The van der Waals surface area contributed by atoms with Crippen LogP contribution in [0.25, 0.3) is 0 Å². The van der Waals surface area contributed by atoms with E-state index in [1.165, 1.54) is 6.07 Å². The highest BCUT2D eigenvalue weighted by Crippen LogP contribution is 2.25. The Kier molecular flexibility index (Phi) is 3.43. The lowest BCUT2D eigenvalue weighted by molar-refractivity contribution is -0.274. The van der Waals surface area contributed by atoms with Gasteiger partial charge < -0.3 is 4.74 Å². The predicted octanol–water partition coefficient (Wildman–Crippen LogP) is 3.20. The van der Waals surface area contributed by atoms with Crippen molar-refractivity contribution < 1.29 is 17.9 Å². The molecule has 0 fully saturated rings. The van der Waals surface area contributed by atoms with Crippen LogP contribution in [0.3, 0.4) is 0 Å². The molecule has 0 aliphatic carbocycles. The Morgan fingerprint density at radius 3 is 2.53 bits per heavy atom. The predicted molar refractivity (Wildman–Crippen MR) is 47.4 cm³/mol. The van der Waals surface area contributed by atoms with Crippen molar-refractivity contribution in [1.29, 1.82) is 5.26 Å². The summed E-state index contributed by atoms with van der Waals surface area (Å²) in [6.45, 7) is 0. The average Bonchev–Trinajstić information content (AvgIpc) is 2.15. The fourth-order valence-electron chi connectivity index (χ4n) is 0.973. The third kappa shape index (κ3) is 3.33. The van der Waals surface area contributed by atoms with E-state index < -0.39 is 12.1 Å². The second-order valence-corrected chi connectivity index (χ2v) is 2.88. The fraction of sp³-hybridized carbons (Fsp3) is 0.222. The van der Waals surface area contributed by atoms with Crippen molar-refractivity contribution in [2.75, 3.05) is 0 Å². The van der Waals surface area contributed by atoms with E-state index in [0.29, 0.717) is 5.56 Å². The van der Waals surface area contributed by atoms with Gasteiger partial charge in [0.1, 0.15) is 5.75 Å². The first-order valence-corrected chi connectivity index (χ1v) is 4.34. The number of hydrogen-bond acceptors (Lipinski definition) is 2. The number of nitrogens with zero attached hydrogens (tertiary/aromatic N) is 1. The molecule has 0 N–H and O–H groups in total. The zero-order valence-corrected chi connectivity index (χ0v) is 8.06. The van der Waals surface area contributed by atoms with Gasteiger partial charge in [0.2, 0.25) is 0 Å². The topological polar surface area (TPSA) is 33.0 Å². The molecule has 0 atom stereocenters. The lowest BCUT2D eigenvalue weighted by Crippen LogP contribution is -2.17. The number of alkyl halides is 4. The highest BCUT2D eigenvalue weighted by Gasteiger charge is 2.31. The highest BCUT2D eigenvalue weighted by molar-refractivity contribution is 6.17. The number of ether oxygens (including phenoxy) is 1. The van der Waals surface area contributed by atoms with Crippen molar-refractivity contribution in [3.63, 3.8) is 0 Å². The summed E-state index contributed by atoms with van der Waals surface area (Å²) in [7, 11) is 0. The molecule has 0 aliphatic heterocycles. The van der Waals surface area contributed by atoms with Crippen LogP contribution in [0.5, 0.6) is 5.75 Å². The van der Waals surface area contributed by atoms with Crippen molar-refractivity contribution in [2.45, 2.75) is 12.2 Å². The second-order valence-electron chi connectivity index (χ2n) is 2.61. The Morgan fingerprint density at radius 2 is 2.07 bits per heavy atom. The van der Waals surface area contributed by atoms with Gasteiger partial charge in [0.25, 0.3) is 0 Å². The van der Waals surface area contributed by atoms with Crippen LogP contribution in [0, 0.1) is 11.3 Å². The van der Waals surface area contributed by atoms with Gasteiger partial charge in [-0.25, -0.2) is 0 Å². The molecule has 0 aliphatic rings. The van der Waals surface area contributed by atoms with Gasteiger partial charge in [0.15, 0.2) is 0 Å². The number of benzene rings is 1. The Hall–Kier alpha value is -1.41. The van der Waals surface area contributed by atoms with Gasteiger partial charge in [-0.1, -0.05) is 6.07 Å². The second kappa shape index (κ2) is 4.41. The molecule has 0 aromatic heterocycles. The summed E-state index contributed by atoms with van der Waals surface area (Å²) in [5.74, 6) is -0.359. The largest absolute Gasteiger partial charge is 0.573 e. The van der Waals surface area contributed by atoms with Crippen molar-refractivity contribution in [2.24, 2.45) is 0 Å². The molecule has 1 aromatic rings. The molecule has 1 aromatic carbocycles. The van der Waals surface area contributed by atoms with Gasteiger partial charge in [0, 0.05) is 5.88 Å². The molecule has 0 unspecified atom stereocenters. The monoisotopic (exact) mass is 235 g/mol. The lowest BCUT2D eigenvalue weighted by Gasteiger charge is -2.09. The molecular weight excluding hydrogens is 231 g/mol. The number of halogens is 4. The van der Waals surface area contributed by atoms with Crippen molar-refractivity contribution in [3.8, 4) is 11.8 Å². The molecule has 80 valence electrons. The molecule has 1 rings (SSSR count). The van der Waals surface area contributed by atoms with Crippen LogP contribution in [-0.2, 0) is 5.88 Å². The van der Waals surface area contributed by atoms with E-state index in [4.69, 9.17) is 16.9 Å². The molecule has 0 saturated carbocycles. The van der Waals surface area contributed by atoms with Gasteiger partial charge in [-0.15, -0.1) is 24.8 Å². The van der Waals surface area contributed by atoms with E-state index in [1.807, 2.05) is 0 Å². The van der Waals surface area contributed by atoms with Crippen LogP contribution in [0.2, 0.25) is 0 Å². The summed E-state index contributed by atoms with van der Waals surface area (Å²) in [6.07, 6.45) is -4.75. The van der Waals surface area contributed by atoms with Gasteiger partial charge in [-0.05, 0) is 17.7 Å². The Bertz CT molecular complexity index is 397. The zero-order valence-electron chi connectivity index (χ0n) is 7.31. The van der Waals surface area contributed by atoms with E-state index in [9.17, 15) is 13.2 Å². The molecule has 0 saturated heterocycles. The quantitative estimate of drug-likeness (QED) is 0.738. The zero-order chi connectivity index (χ0) is 11.5. The SMILES string of the molecule is N#Cc1cc(OC(F)(F)F)ccc1CCl. The lowest BCUT2D eigenvalue weighted by atomic mass is 10.1. The minimum absolute atomic E-state index is 0.0647. The first-order chi connectivity index (χ1) is 6.96. The maximum Gasteiger partial charge on any atom is 0.573 e. The number of hydrogen-bond donors (Lipinski definition) is 0. The van der Waals surface area contributed by atoms with Crippen LogP contribution in [0.4, 0.5) is 13.2 Å². The summed E-state index contributed by atoms with van der Waals surface area (Å²) in [4.78, 5) is 0. The van der Waals surface area contributed by atoms with E-state index in [2.05, 4.69) is 4.74 Å². The summed E-state index contributed by atoms with van der Waals surface area (Å²) in [5, 5.41) is 8.63. The van der Waals surface area contributed by atoms with Crippen LogP contribution >= 0.6 is 11.6 Å². The van der Waals surface area contributed by atoms with Crippen molar-refractivity contribution in [1.82, 2.24) is 0 Å². The molecule has 0 spiro atoms. The first kappa shape index (κ1) is 11.7. The van der Waals surface area contributed by atoms with Crippen LogP contribution in [-0.4, -0.2) is 6.36 Å². The number of nitriles is 1. The van der Waals surface area contributed by atoms with E-state index in [1.54, 1.807) is 6.07 Å². The smallest absolute Gasteiger partial charge is 0.406 e. The van der Waals surface area contributed by atoms with Crippen LogP contribution in [0.1, 0.15) is 11.1 Å². The maximum atomic E-state index is 11.8. The minimum atomic E-state index is -4.75. The molecule has 2 nitrogen and oxygen atoms in total. The highest BCUT2D eigenvalue weighted by atomic mass is 35.5. The maximum absolute atomic E-state index is 11.8. The van der Waals surface area contributed by atoms with Crippen LogP contribution < -0.4 is 4.74 Å². The van der Waals surface area contributed by atoms with E-state index >= 15 is 0 Å². The molecule has 6 heteroatoms. The third-order valence-corrected chi connectivity index (χ3v) is 1.87. The Balaban J connectivity index is 3.00. The molecule has 15 heavy (non-hydrogen) atoms. The van der Waals surface area contributed by atoms with Gasteiger partial charge in [-0.2, -0.15) is 5.26 Å². The van der Waals surface area contributed by atoms with Gasteiger partial charge >= 0.3 is 6.36 Å². The molecule has 0 amide bonds. The fourth-order valence-corrected chi connectivity index (χ4v) is 1.21. The minimum Gasteiger partial charge on any atom is -0.406 e. The molecule has 0 heterocycles. The van der Waals surface area contributed by atoms with Crippen molar-refractivity contribution >= 4 is 11.6 Å². The molecular formula is C9H5ClF3NO. The Morgan fingerprint density at radius 1 is 1.40 bits per heavy atom. The standard InChI is InChI=1S/C9H5ClF3NO/c10-4-6-1-2-8(3-7(6)5-14)15-9(11,12)13/h1-3H,4H2. The summed E-state index contributed by atoms with van der Waals surface area (Å²) < 4.78 is 39.1. The summed E-state index contributed by atoms with van der Waals surface area (Å²) >= 11 is 5.48. The van der Waals surface area contributed by atoms with E-state index in [-0.39, 0.29) is 11.4 Å². The Labute approximate surface area is 88.8 Å². The average molecular weight is 236 g/mol. The van der Waals surface area contributed by atoms with Crippen LogP contribution in [0.15, 0.2) is 18.2 Å². The molecule has 0 radical (unpaired) electrons. The molecule has 0 bridgehead atoms. The summed E-state index contributed by atoms with van der Waals surface area (Å²) in [5.41, 5.74) is 0.542. The third-order valence-electron chi connectivity index (χ3n) is 1.58. The summed E-state index contributed by atoms with van der Waals surface area (Å²) in [6, 6.07) is 5.19. The first-order valence-electron chi connectivity index (χ1n) is 3.81. The van der Waals surface area contributed by atoms with E-state index in [0.717, 1.165) is 12.1 Å². The normalized spacial score (nSPS) is 10.9.